The Bertz CT molecular complexity index is 617. The lowest BCUT2D eigenvalue weighted by molar-refractivity contribution is 0.587. The van der Waals surface area contributed by atoms with Crippen molar-refractivity contribution < 1.29 is 13.2 Å². The summed E-state index contributed by atoms with van der Waals surface area (Å²) in [6.07, 6.45) is 0. The van der Waals surface area contributed by atoms with Crippen LogP contribution in [-0.4, -0.2) is 0 Å². The number of hydrogen-bond acceptors (Lipinski definition) is 2. The fraction of sp³-hybridized carbons (Fsp3) is 0.0769. The van der Waals surface area contributed by atoms with Crippen molar-refractivity contribution in [2.24, 2.45) is 0 Å². The molecule has 2 aromatic rings. The lowest BCUT2D eigenvalue weighted by Crippen LogP contribution is -2.05. The molecule has 0 saturated carbocycles. The molecule has 0 spiro atoms. The van der Waals surface area contributed by atoms with Crippen molar-refractivity contribution in [1.29, 1.82) is 0 Å². The summed E-state index contributed by atoms with van der Waals surface area (Å²) in [4.78, 5) is 0. The summed E-state index contributed by atoms with van der Waals surface area (Å²) in [5, 5.41) is 2.76. The van der Waals surface area contributed by atoms with Gasteiger partial charge >= 0.3 is 0 Å². The molecule has 0 aliphatic carbocycles. The third-order valence-electron chi connectivity index (χ3n) is 2.56. The Morgan fingerprint density at radius 3 is 2.47 bits per heavy atom. The van der Waals surface area contributed by atoms with Gasteiger partial charge in [-0.25, -0.2) is 13.2 Å². The third kappa shape index (κ3) is 3.12. The summed E-state index contributed by atoms with van der Waals surface area (Å²) < 4.78 is 39.2. The highest BCUT2D eigenvalue weighted by Crippen LogP contribution is 2.24. The zero-order valence-electron chi connectivity index (χ0n) is 9.68. The smallest absolute Gasteiger partial charge is 0.151 e. The van der Waals surface area contributed by atoms with Gasteiger partial charge in [-0.05, 0) is 23.8 Å². The molecule has 0 aliphatic rings. The van der Waals surface area contributed by atoms with E-state index in [1.807, 2.05) is 0 Å². The lowest BCUT2D eigenvalue weighted by Gasteiger charge is -2.10. The molecule has 0 heterocycles. The van der Waals surface area contributed by atoms with Crippen molar-refractivity contribution in [3.05, 3.63) is 58.4 Å². The second-order valence-corrected chi connectivity index (χ2v) is 4.36. The Hall–Kier alpha value is -1.88. The molecule has 0 aromatic heterocycles. The molecule has 0 unspecified atom stereocenters. The minimum atomic E-state index is -0.834. The normalized spacial score (nSPS) is 10.5. The standard InChI is InChI=1S/C13H10ClF3N2/c14-9-3-7(1-2-10(9)16)6-19-12-5-8(15)4-11(17)13(12)18/h1-5,19H,6,18H2. The van der Waals surface area contributed by atoms with Crippen LogP contribution in [0.3, 0.4) is 0 Å². The Balaban J connectivity index is 2.16. The number of nitrogens with one attached hydrogen (secondary N) is 1. The van der Waals surface area contributed by atoms with Gasteiger partial charge in [0.25, 0.3) is 0 Å². The van der Waals surface area contributed by atoms with Crippen LogP contribution in [-0.2, 0) is 6.54 Å². The Morgan fingerprint density at radius 1 is 1.05 bits per heavy atom. The molecule has 0 saturated heterocycles. The highest BCUT2D eigenvalue weighted by Gasteiger charge is 2.08. The monoisotopic (exact) mass is 286 g/mol. The second kappa shape index (κ2) is 5.40. The molecular weight excluding hydrogens is 277 g/mol. The maximum Gasteiger partial charge on any atom is 0.151 e. The van der Waals surface area contributed by atoms with Crippen LogP contribution in [0.2, 0.25) is 5.02 Å². The van der Waals surface area contributed by atoms with Gasteiger partial charge in [-0.1, -0.05) is 17.7 Å². The number of benzene rings is 2. The Kier molecular flexibility index (Phi) is 3.85. The van der Waals surface area contributed by atoms with E-state index in [0.717, 1.165) is 6.07 Å². The van der Waals surface area contributed by atoms with Crippen LogP contribution in [0.15, 0.2) is 30.3 Å². The summed E-state index contributed by atoms with van der Waals surface area (Å²) >= 11 is 5.63. The van der Waals surface area contributed by atoms with E-state index < -0.39 is 17.5 Å². The maximum absolute atomic E-state index is 13.2. The molecule has 0 radical (unpaired) electrons. The molecule has 2 aromatic carbocycles. The van der Waals surface area contributed by atoms with Crippen molar-refractivity contribution in [2.45, 2.75) is 6.54 Å². The molecule has 0 fully saturated rings. The molecule has 2 nitrogen and oxygen atoms in total. The Morgan fingerprint density at radius 2 is 1.79 bits per heavy atom. The molecule has 2 rings (SSSR count). The summed E-state index contributed by atoms with van der Waals surface area (Å²) in [6.45, 7) is 0.215. The largest absolute Gasteiger partial charge is 0.395 e. The van der Waals surface area contributed by atoms with Gasteiger partial charge in [0.1, 0.15) is 11.6 Å². The van der Waals surface area contributed by atoms with E-state index >= 15 is 0 Å². The van der Waals surface area contributed by atoms with E-state index in [0.29, 0.717) is 11.6 Å². The molecule has 6 heteroatoms. The highest BCUT2D eigenvalue weighted by atomic mass is 35.5. The predicted octanol–water partition coefficient (Wildman–Crippen LogP) is 3.95. The van der Waals surface area contributed by atoms with Gasteiger partial charge in [0, 0.05) is 12.6 Å². The number of hydrogen-bond donors (Lipinski definition) is 2. The van der Waals surface area contributed by atoms with Crippen LogP contribution in [0.4, 0.5) is 24.5 Å². The van der Waals surface area contributed by atoms with Crippen molar-refractivity contribution in [3.8, 4) is 0 Å². The van der Waals surface area contributed by atoms with Gasteiger partial charge in [-0.2, -0.15) is 0 Å². The SMILES string of the molecule is Nc1c(F)cc(F)cc1NCc1ccc(F)c(Cl)c1. The summed E-state index contributed by atoms with van der Waals surface area (Å²) in [5.41, 5.74) is 6.11. The number of rotatable bonds is 3. The van der Waals surface area contributed by atoms with Gasteiger partial charge in [0.15, 0.2) is 5.82 Å². The van der Waals surface area contributed by atoms with Crippen LogP contribution in [0, 0.1) is 17.5 Å². The minimum absolute atomic E-state index is 0.0160. The first kappa shape index (κ1) is 13.5. The van der Waals surface area contributed by atoms with Gasteiger partial charge in [-0.3, -0.25) is 0 Å². The van der Waals surface area contributed by atoms with Gasteiger partial charge in [0.05, 0.1) is 16.4 Å². The number of halogens is 4. The van der Waals surface area contributed by atoms with E-state index in [1.54, 1.807) is 0 Å². The topological polar surface area (TPSA) is 38.0 Å². The van der Waals surface area contributed by atoms with Crippen molar-refractivity contribution in [2.75, 3.05) is 11.1 Å². The molecule has 19 heavy (non-hydrogen) atoms. The van der Waals surface area contributed by atoms with Crippen molar-refractivity contribution in [3.63, 3.8) is 0 Å². The number of nitrogen functional groups attached to an aromatic ring is 1. The molecule has 0 bridgehead atoms. The quantitative estimate of drug-likeness (QED) is 0.839. The summed E-state index contributed by atoms with van der Waals surface area (Å²) in [6, 6.07) is 5.95. The minimum Gasteiger partial charge on any atom is -0.395 e. The van der Waals surface area contributed by atoms with Gasteiger partial charge in [0.2, 0.25) is 0 Å². The molecule has 0 atom stereocenters. The van der Waals surface area contributed by atoms with Crippen molar-refractivity contribution >= 4 is 23.0 Å². The van der Waals surface area contributed by atoms with E-state index in [4.69, 9.17) is 17.3 Å². The third-order valence-corrected chi connectivity index (χ3v) is 2.85. The van der Waals surface area contributed by atoms with Crippen LogP contribution < -0.4 is 11.1 Å². The van der Waals surface area contributed by atoms with Gasteiger partial charge < -0.3 is 11.1 Å². The molecule has 100 valence electrons. The molecule has 0 amide bonds. The first-order chi connectivity index (χ1) is 8.97. The van der Waals surface area contributed by atoms with E-state index in [-0.39, 0.29) is 22.9 Å². The fourth-order valence-electron chi connectivity index (χ4n) is 1.58. The van der Waals surface area contributed by atoms with Gasteiger partial charge in [-0.15, -0.1) is 0 Å². The van der Waals surface area contributed by atoms with Crippen LogP contribution in [0.1, 0.15) is 5.56 Å². The predicted molar refractivity (Wildman–Crippen MR) is 69.5 cm³/mol. The molecular formula is C13H10ClF3N2. The zero-order chi connectivity index (χ0) is 14.0. The number of nitrogens with two attached hydrogens (primary N) is 1. The molecule has 3 N–H and O–H groups in total. The van der Waals surface area contributed by atoms with Crippen LogP contribution in [0.25, 0.3) is 0 Å². The number of anilines is 2. The first-order valence-electron chi connectivity index (χ1n) is 5.39. The van der Waals surface area contributed by atoms with E-state index in [2.05, 4.69) is 5.32 Å². The highest BCUT2D eigenvalue weighted by molar-refractivity contribution is 6.30. The lowest BCUT2D eigenvalue weighted by atomic mass is 10.2. The van der Waals surface area contributed by atoms with E-state index in [9.17, 15) is 13.2 Å². The van der Waals surface area contributed by atoms with Crippen LogP contribution >= 0.6 is 11.6 Å². The fourth-order valence-corrected chi connectivity index (χ4v) is 1.78. The summed E-state index contributed by atoms with van der Waals surface area (Å²) in [7, 11) is 0. The average Bonchev–Trinajstić information content (AvgIpc) is 2.36. The average molecular weight is 287 g/mol. The maximum atomic E-state index is 13.2. The summed E-state index contributed by atoms with van der Waals surface area (Å²) in [5.74, 6) is -2.09. The van der Waals surface area contributed by atoms with Crippen LogP contribution in [0.5, 0.6) is 0 Å². The Labute approximate surface area is 113 Å². The second-order valence-electron chi connectivity index (χ2n) is 3.95. The van der Waals surface area contributed by atoms with Crippen molar-refractivity contribution in [1.82, 2.24) is 0 Å². The molecule has 0 aliphatic heterocycles. The zero-order valence-corrected chi connectivity index (χ0v) is 10.4. The first-order valence-corrected chi connectivity index (χ1v) is 5.77. The van der Waals surface area contributed by atoms with E-state index in [1.165, 1.54) is 18.2 Å².